The Hall–Kier alpha value is -1.98. The lowest BCUT2D eigenvalue weighted by atomic mass is 10.1. The molecule has 0 saturated carbocycles. The molecule has 0 saturated heterocycles. The molecule has 4 nitrogen and oxygen atoms in total. The Kier molecular flexibility index (Phi) is 8.51. The smallest absolute Gasteiger partial charge is 0.251 e. The van der Waals surface area contributed by atoms with E-state index in [0.717, 1.165) is 28.3 Å². The molecule has 0 spiro atoms. The third-order valence-corrected chi connectivity index (χ3v) is 4.67. The highest BCUT2D eigenvalue weighted by Gasteiger charge is 2.20. The van der Waals surface area contributed by atoms with Crippen molar-refractivity contribution in [2.45, 2.75) is 25.9 Å². The Morgan fingerprint density at radius 1 is 1.08 bits per heavy atom. The van der Waals surface area contributed by atoms with Gasteiger partial charge in [-0.05, 0) is 43.0 Å². The molecule has 26 heavy (non-hydrogen) atoms. The fraction of sp³-hybridized carbons (Fsp3) is 0.333. The number of rotatable bonds is 10. The average Bonchev–Trinajstić information content (AvgIpc) is 2.67. The Morgan fingerprint density at radius 2 is 1.73 bits per heavy atom. The summed E-state index contributed by atoms with van der Waals surface area (Å²) in [7, 11) is 0. The van der Waals surface area contributed by atoms with Crippen molar-refractivity contribution in [1.29, 1.82) is 0 Å². The first kappa shape index (κ1) is 20.3. The zero-order valence-electron chi connectivity index (χ0n) is 14.9. The molecule has 2 aromatic carbocycles. The van der Waals surface area contributed by atoms with Gasteiger partial charge in [0.25, 0.3) is 5.91 Å². The van der Waals surface area contributed by atoms with Crippen LogP contribution >= 0.6 is 15.9 Å². The molecule has 1 unspecified atom stereocenters. The molecule has 0 heterocycles. The molecule has 0 N–H and O–H groups in total. The summed E-state index contributed by atoms with van der Waals surface area (Å²) < 4.78 is 6.73. The second-order valence-electron chi connectivity index (χ2n) is 6.08. The summed E-state index contributed by atoms with van der Waals surface area (Å²) >= 11 is 3.41. The minimum Gasteiger partial charge on any atom is -0.368 e. The molecule has 138 valence electrons. The monoisotopic (exact) mass is 417 g/mol. The van der Waals surface area contributed by atoms with E-state index in [0.29, 0.717) is 19.6 Å². The topological polar surface area (TPSA) is 46.6 Å². The molecular weight excluding hydrogens is 394 g/mol. The van der Waals surface area contributed by atoms with Gasteiger partial charge in [0.05, 0.1) is 13.2 Å². The van der Waals surface area contributed by atoms with E-state index >= 15 is 0 Å². The third kappa shape index (κ3) is 6.73. The largest absolute Gasteiger partial charge is 0.368 e. The van der Waals surface area contributed by atoms with Crippen LogP contribution in [0.15, 0.2) is 59.1 Å². The average molecular weight is 418 g/mol. The van der Waals surface area contributed by atoms with Gasteiger partial charge in [0.15, 0.2) is 0 Å². The van der Waals surface area contributed by atoms with Gasteiger partial charge in [0.1, 0.15) is 12.4 Å². The zero-order valence-corrected chi connectivity index (χ0v) is 16.5. The first-order chi connectivity index (χ1) is 12.6. The third-order valence-electron chi connectivity index (χ3n) is 4.14. The molecule has 1 atom stereocenters. The highest BCUT2D eigenvalue weighted by Crippen LogP contribution is 2.11. The minimum atomic E-state index is -0.568. The quantitative estimate of drug-likeness (QED) is 0.554. The van der Waals surface area contributed by atoms with E-state index in [1.165, 1.54) is 0 Å². The van der Waals surface area contributed by atoms with E-state index in [1.807, 2.05) is 54.6 Å². The molecule has 0 fully saturated rings. The van der Waals surface area contributed by atoms with E-state index in [9.17, 15) is 9.59 Å². The van der Waals surface area contributed by atoms with Crippen molar-refractivity contribution >= 4 is 28.1 Å². The van der Waals surface area contributed by atoms with Crippen molar-refractivity contribution in [3.8, 4) is 0 Å². The van der Waals surface area contributed by atoms with Crippen molar-refractivity contribution in [2.75, 3.05) is 19.7 Å². The first-order valence-electron chi connectivity index (χ1n) is 8.72. The molecule has 1 amide bonds. The summed E-state index contributed by atoms with van der Waals surface area (Å²) in [6.07, 6.45) is 1.65. The Morgan fingerprint density at radius 3 is 2.38 bits per heavy atom. The van der Waals surface area contributed by atoms with Crippen LogP contribution in [0, 0.1) is 0 Å². The number of carbonyl (C=O) groups is 2. The van der Waals surface area contributed by atoms with Gasteiger partial charge in [-0.15, -0.1) is 0 Å². The van der Waals surface area contributed by atoms with E-state index in [4.69, 9.17) is 4.74 Å². The van der Waals surface area contributed by atoms with Gasteiger partial charge in [-0.2, -0.15) is 0 Å². The summed E-state index contributed by atoms with van der Waals surface area (Å²) in [5.41, 5.74) is 2.29. The molecule has 0 aliphatic rings. The number of carbonyl (C=O) groups excluding carboxylic acids is 2. The lowest BCUT2D eigenvalue weighted by Crippen LogP contribution is -2.41. The molecule has 2 rings (SSSR count). The molecular formula is C21H24BrNO3. The van der Waals surface area contributed by atoms with Crippen LogP contribution < -0.4 is 0 Å². The van der Waals surface area contributed by atoms with Crippen molar-refractivity contribution in [1.82, 2.24) is 4.90 Å². The minimum absolute atomic E-state index is 0.0894. The van der Waals surface area contributed by atoms with Crippen LogP contribution in [0.3, 0.4) is 0 Å². The lowest BCUT2D eigenvalue weighted by Gasteiger charge is -2.24. The van der Waals surface area contributed by atoms with Gasteiger partial charge in [0, 0.05) is 11.0 Å². The number of hydrogen-bond acceptors (Lipinski definition) is 3. The zero-order chi connectivity index (χ0) is 18.8. The number of hydrogen-bond donors (Lipinski definition) is 0. The van der Waals surface area contributed by atoms with Crippen LogP contribution in [0.2, 0.25) is 0 Å². The normalized spacial score (nSPS) is 11.8. The fourth-order valence-corrected chi connectivity index (χ4v) is 2.89. The number of amides is 1. The summed E-state index contributed by atoms with van der Waals surface area (Å²) in [5.74, 6) is -0.149. The Balaban J connectivity index is 1.82. The Bertz CT molecular complexity index is 688. The highest BCUT2D eigenvalue weighted by molar-refractivity contribution is 9.10. The van der Waals surface area contributed by atoms with E-state index in [2.05, 4.69) is 15.9 Å². The van der Waals surface area contributed by atoms with Gasteiger partial charge in [-0.1, -0.05) is 58.4 Å². The lowest BCUT2D eigenvalue weighted by molar-refractivity contribution is -0.143. The van der Waals surface area contributed by atoms with Crippen molar-refractivity contribution in [3.63, 3.8) is 0 Å². The van der Waals surface area contributed by atoms with Crippen LogP contribution in [0.4, 0.5) is 0 Å². The van der Waals surface area contributed by atoms with Crippen LogP contribution in [-0.4, -0.2) is 42.9 Å². The number of benzene rings is 2. The number of nitrogens with zero attached hydrogens (tertiary/aromatic N) is 1. The first-order valence-corrected chi connectivity index (χ1v) is 9.52. The summed E-state index contributed by atoms with van der Waals surface area (Å²) in [5, 5.41) is 0. The van der Waals surface area contributed by atoms with Gasteiger partial charge < -0.3 is 14.4 Å². The predicted octanol–water partition coefficient (Wildman–Crippen LogP) is 3.67. The molecule has 5 heteroatoms. The molecule has 0 bridgehead atoms. The van der Waals surface area contributed by atoms with Crippen LogP contribution in [0.25, 0.3) is 0 Å². The van der Waals surface area contributed by atoms with Gasteiger partial charge in [-0.25, -0.2) is 0 Å². The van der Waals surface area contributed by atoms with E-state index in [-0.39, 0.29) is 12.5 Å². The SMILES string of the molecule is CC(OCCc1ccc(Br)cc1)C(=O)N(CC=O)CCc1ccccc1. The fourth-order valence-electron chi connectivity index (χ4n) is 2.62. The molecule has 0 aromatic heterocycles. The summed E-state index contributed by atoms with van der Waals surface area (Å²) in [6.45, 7) is 2.79. The van der Waals surface area contributed by atoms with Gasteiger partial charge >= 0.3 is 0 Å². The summed E-state index contributed by atoms with van der Waals surface area (Å²) in [4.78, 5) is 25.1. The second kappa shape index (κ2) is 10.9. The van der Waals surface area contributed by atoms with Crippen LogP contribution in [0.1, 0.15) is 18.1 Å². The van der Waals surface area contributed by atoms with Crippen LogP contribution in [0.5, 0.6) is 0 Å². The maximum atomic E-state index is 12.6. The molecule has 0 aliphatic carbocycles. The van der Waals surface area contributed by atoms with Crippen LogP contribution in [-0.2, 0) is 27.2 Å². The van der Waals surface area contributed by atoms with Gasteiger partial charge in [-0.3, -0.25) is 4.79 Å². The molecule has 2 aromatic rings. The van der Waals surface area contributed by atoms with E-state index < -0.39 is 6.10 Å². The van der Waals surface area contributed by atoms with Gasteiger partial charge in [0.2, 0.25) is 0 Å². The van der Waals surface area contributed by atoms with Crippen molar-refractivity contribution in [3.05, 3.63) is 70.2 Å². The van der Waals surface area contributed by atoms with E-state index in [1.54, 1.807) is 11.8 Å². The standard InChI is InChI=1S/C21H24BrNO3/c1-17(26-16-12-19-7-9-20(22)10-8-19)21(25)23(14-15-24)13-11-18-5-3-2-4-6-18/h2-10,15,17H,11-14,16H2,1H3. The number of ether oxygens (including phenoxy) is 1. The van der Waals surface area contributed by atoms with Crippen molar-refractivity contribution in [2.24, 2.45) is 0 Å². The summed E-state index contributed by atoms with van der Waals surface area (Å²) in [6, 6.07) is 17.9. The predicted molar refractivity (Wildman–Crippen MR) is 106 cm³/mol. The molecule has 0 aliphatic heterocycles. The Labute approximate surface area is 163 Å². The van der Waals surface area contributed by atoms with Crippen molar-refractivity contribution < 1.29 is 14.3 Å². The maximum absolute atomic E-state index is 12.6. The second-order valence-corrected chi connectivity index (χ2v) is 6.99. The number of aldehydes is 1. The maximum Gasteiger partial charge on any atom is 0.251 e. The highest BCUT2D eigenvalue weighted by atomic mass is 79.9. The number of halogens is 1. The molecule has 0 radical (unpaired) electrons.